The van der Waals surface area contributed by atoms with Crippen molar-refractivity contribution in [2.75, 3.05) is 0 Å². The summed E-state index contributed by atoms with van der Waals surface area (Å²) in [5.41, 5.74) is 2.53. The van der Waals surface area contributed by atoms with Crippen LogP contribution >= 0.6 is 11.8 Å². The topological polar surface area (TPSA) is 45.4 Å². The van der Waals surface area contributed by atoms with Gasteiger partial charge >= 0.3 is 0 Å². The highest BCUT2D eigenvalue weighted by molar-refractivity contribution is 8.13. The first-order valence-corrected chi connectivity index (χ1v) is 6.07. The van der Waals surface area contributed by atoms with Crippen molar-refractivity contribution >= 4 is 16.8 Å². The van der Waals surface area contributed by atoms with Crippen LogP contribution in [0.5, 0.6) is 0 Å². The molecule has 0 aromatic heterocycles. The second-order valence-corrected chi connectivity index (χ2v) is 4.74. The van der Waals surface area contributed by atoms with Gasteiger partial charge in [0.25, 0.3) is 0 Å². The van der Waals surface area contributed by atoms with E-state index in [0.717, 1.165) is 10.8 Å². The Morgan fingerprint density at radius 3 is 3.19 bits per heavy atom. The van der Waals surface area contributed by atoms with E-state index in [1.54, 1.807) is 11.8 Å². The summed E-state index contributed by atoms with van der Waals surface area (Å²) >= 11 is 1.64. The Bertz CT molecular complexity index is 451. The molecule has 0 fully saturated rings. The van der Waals surface area contributed by atoms with E-state index in [-0.39, 0.29) is 6.10 Å². The number of hydrogen-bond donors (Lipinski definition) is 0. The first kappa shape index (κ1) is 11.0. The molecule has 16 heavy (non-hydrogen) atoms. The number of nitriles is 1. The molecule has 1 unspecified atom stereocenters. The van der Waals surface area contributed by atoms with Gasteiger partial charge in [-0.2, -0.15) is 5.26 Å². The zero-order valence-electron chi connectivity index (χ0n) is 9.01. The fourth-order valence-corrected chi connectivity index (χ4v) is 2.36. The monoisotopic (exact) mass is 232 g/mol. The Hall–Kier alpha value is -1.47. The molecule has 1 aliphatic rings. The van der Waals surface area contributed by atoms with Gasteiger partial charge in [0.1, 0.15) is 11.1 Å². The van der Waals surface area contributed by atoms with E-state index in [1.165, 1.54) is 11.1 Å². The predicted octanol–water partition coefficient (Wildman–Crippen LogP) is 2.85. The van der Waals surface area contributed by atoms with Gasteiger partial charge in [-0.1, -0.05) is 35.0 Å². The van der Waals surface area contributed by atoms with Crippen LogP contribution in [0.25, 0.3) is 0 Å². The summed E-state index contributed by atoms with van der Waals surface area (Å²) in [7, 11) is 0. The molecule has 4 heteroatoms. The van der Waals surface area contributed by atoms with Crippen LogP contribution in [0, 0.1) is 18.3 Å². The highest BCUT2D eigenvalue weighted by Gasteiger charge is 2.20. The molecule has 82 valence electrons. The van der Waals surface area contributed by atoms with E-state index in [9.17, 15) is 0 Å². The summed E-state index contributed by atoms with van der Waals surface area (Å²) in [6, 6.07) is 10.4. The molecular weight excluding hydrogens is 220 g/mol. The Kier molecular flexibility index (Phi) is 3.47. The molecule has 0 amide bonds. The van der Waals surface area contributed by atoms with Gasteiger partial charge in [0, 0.05) is 5.75 Å². The first-order valence-electron chi connectivity index (χ1n) is 5.08. The van der Waals surface area contributed by atoms with Gasteiger partial charge in [-0.25, -0.2) is 0 Å². The molecule has 0 N–H and O–H groups in total. The molecule has 1 aromatic carbocycles. The molecule has 0 aliphatic carbocycles. The third-order valence-electron chi connectivity index (χ3n) is 2.27. The molecule has 0 radical (unpaired) electrons. The van der Waals surface area contributed by atoms with Crippen molar-refractivity contribution in [3.8, 4) is 6.07 Å². The van der Waals surface area contributed by atoms with E-state index in [2.05, 4.69) is 42.4 Å². The standard InChI is InChI=1S/C12H12N2OS/c1-9-3-2-4-10(5-9)8-16-12-6-11(7-13)15-14-12/h2-5,11H,6,8H2,1H3. The molecule has 1 heterocycles. The lowest BCUT2D eigenvalue weighted by atomic mass is 10.2. The van der Waals surface area contributed by atoms with Crippen LogP contribution in [0.2, 0.25) is 0 Å². The van der Waals surface area contributed by atoms with Crippen molar-refractivity contribution in [3.63, 3.8) is 0 Å². The fraction of sp³-hybridized carbons (Fsp3) is 0.333. The van der Waals surface area contributed by atoms with Gasteiger partial charge < -0.3 is 4.84 Å². The van der Waals surface area contributed by atoms with Crippen molar-refractivity contribution < 1.29 is 4.84 Å². The highest BCUT2D eigenvalue weighted by Crippen LogP contribution is 2.22. The van der Waals surface area contributed by atoms with Gasteiger partial charge in [-0.3, -0.25) is 0 Å². The predicted molar refractivity (Wildman–Crippen MR) is 65.0 cm³/mol. The van der Waals surface area contributed by atoms with Crippen LogP contribution < -0.4 is 0 Å². The molecule has 1 aromatic rings. The van der Waals surface area contributed by atoms with Crippen molar-refractivity contribution in [2.24, 2.45) is 5.16 Å². The minimum absolute atomic E-state index is 0.389. The van der Waals surface area contributed by atoms with Gasteiger partial charge in [0.15, 0.2) is 0 Å². The van der Waals surface area contributed by atoms with Crippen molar-refractivity contribution in [3.05, 3.63) is 35.4 Å². The number of oxime groups is 1. The summed E-state index contributed by atoms with van der Waals surface area (Å²) in [6.07, 6.45) is 0.229. The maximum atomic E-state index is 8.65. The SMILES string of the molecule is Cc1cccc(CSC2=NOC(C#N)C2)c1. The second-order valence-electron chi connectivity index (χ2n) is 3.69. The molecule has 1 atom stereocenters. The number of thioether (sulfide) groups is 1. The largest absolute Gasteiger partial charge is 0.376 e. The van der Waals surface area contributed by atoms with Crippen LogP contribution in [0.15, 0.2) is 29.4 Å². The molecule has 0 spiro atoms. The van der Waals surface area contributed by atoms with Gasteiger partial charge in [-0.05, 0) is 12.5 Å². The van der Waals surface area contributed by atoms with Gasteiger partial charge in [-0.15, -0.1) is 11.8 Å². The Balaban J connectivity index is 1.87. The minimum Gasteiger partial charge on any atom is -0.376 e. The van der Waals surface area contributed by atoms with Crippen LogP contribution in [-0.4, -0.2) is 11.1 Å². The quantitative estimate of drug-likeness (QED) is 0.787. The number of hydrogen-bond acceptors (Lipinski definition) is 4. The lowest BCUT2D eigenvalue weighted by Gasteiger charge is -2.01. The normalized spacial score (nSPS) is 18.8. The zero-order chi connectivity index (χ0) is 11.4. The van der Waals surface area contributed by atoms with E-state index in [4.69, 9.17) is 10.1 Å². The van der Waals surface area contributed by atoms with Crippen molar-refractivity contribution in [2.45, 2.75) is 25.2 Å². The van der Waals surface area contributed by atoms with Gasteiger partial charge in [0.2, 0.25) is 6.10 Å². The van der Waals surface area contributed by atoms with E-state index >= 15 is 0 Å². The molecule has 0 saturated carbocycles. The Morgan fingerprint density at radius 1 is 1.62 bits per heavy atom. The Labute approximate surface area is 99.1 Å². The summed E-state index contributed by atoms with van der Waals surface area (Å²) in [4.78, 5) is 4.93. The zero-order valence-corrected chi connectivity index (χ0v) is 9.83. The van der Waals surface area contributed by atoms with Crippen LogP contribution in [0.1, 0.15) is 17.5 Å². The molecule has 2 rings (SSSR count). The summed E-state index contributed by atoms with van der Waals surface area (Å²) in [5, 5.41) is 13.4. The third kappa shape index (κ3) is 2.77. The molecule has 1 aliphatic heterocycles. The summed E-state index contributed by atoms with van der Waals surface area (Å²) in [5.74, 6) is 0.877. The number of benzene rings is 1. The average Bonchev–Trinajstić information content (AvgIpc) is 2.74. The highest BCUT2D eigenvalue weighted by atomic mass is 32.2. The maximum absolute atomic E-state index is 8.65. The minimum atomic E-state index is -0.389. The van der Waals surface area contributed by atoms with E-state index in [1.807, 2.05) is 0 Å². The summed E-state index contributed by atoms with van der Waals surface area (Å²) < 4.78 is 0. The van der Waals surface area contributed by atoms with Crippen LogP contribution in [0.4, 0.5) is 0 Å². The molecule has 0 bridgehead atoms. The van der Waals surface area contributed by atoms with Crippen LogP contribution in [0.3, 0.4) is 0 Å². The summed E-state index contributed by atoms with van der Waals surface area (Å²) in [6.45, 7) is 2.08. The number of nitrogens with zero attached hydrogens (tertiary/aromatic N) is 2. The van der Waals surface area contributed by atoms with Gasteiger partial charge in [0.05, 0.1) is 6.42 Å². The molecule has 3 nitrogen and oxygen atoms in total. The third-order valence-corrected chi connectivity index (χ3v) is 3.33. The second kappa shape index (κ2) is 5.04. The smallest absolute Gasteiger partial charge is 0.218 e. The van der Waals surface area contributed by atoms with E-state index < -0.39 is 0 Å². The average molecular weight is 232 g/mol. The van der Waals surface area contributed by atoms with Crippen molar-refractivity contribution in [1.29, 1.82) is 5.26 Å². The fourth-order valence-electron chi connectivity index (χ4n) is 1.48. The van der Waals surface area contributed by atoms with Crippen LogP contribution in [-0.2, 0) is 10.6 Å². The molecular formula is C12H12N2OS. The van der Waals surface area contributed by atoms with Crippen molar-refractivity contribution in [1.82, 2.24) is 0 Å². The maximum Gasteiger partial charge on any atom is 0.218 e. The lowest BCUT2D eigenvalue weighted by molar-refractivity contribution is 0.125. The number of rotatable bonds is 2. The lowest BCUT2D eigenvalue weighted by Crippen LogP contribution is -2.02. The molecule has 0 saturated heterocycles. The number of aryl methyl sites for hydroxylation is 1. The Morgan fingerprint density at radius 2 is 2.50 bits per heavy atom. The van der Waals surface area contributed by atoms with E-state index in [0.29, 0.717) is 6.42 Å². The first-order chi connectivity index (χ1) is 7.78.